The molecule has 2 nitrogen and oxygen atoms in total. The fourth-order valence-electron chi connectivity index (χ4n) is 2.77. The highest BCUT2D eigenvalue weighted by Crippen LogP contribution is 2.57. The highest BCUT2D eigenvalue weighted by atomic mass is 16.2. The van der Waals surface area contributed by atoms with E-state index in [9.17, 15) is 4.79 Å². The summed E-state index contributed by atoms with van der Waals surface area (Å²) in [5, 5.41) is 3.00. The van der Waals surface area contributed by atoms with Gasteiger partial charge in [-0.2, -0.15) is 0 Å². The zero-order chi connectivity index (χ0) is 8.98. The topological polar surface area (TPSA) is 29.1 Å². The fraction of sp³-hybridized carbons (Fsp3) is 0.900. The molecule has 1 saturated heterocycles. The molecule has 2 heteroatoms. The lowest BCUT2D eigenvalue weighted by Gasteiger charge is -2.44. The summed E-state index contributed by atoms with van der Waals surface area (Å²) in [7, 11) is 0. The molecular formula is C10H17NO. The first kappa shape index (κ1) is 8.09. The van der Waals surface area contributed by atoms with Crippen molar-refractivity contribution in [1.82, 2.24) is 5.32 Å². The van der Waals surface area contributed by atoms with Crippen molar-refractivity contribution in [3.05, 3.63) is 0 Å². The molecule has 1 heterocycles. The Labute approximate surface area is 73.7 Å². The summed E-state index contributed by atoms with van der Waals surface area (Å²) in [5.74, 6) is 0.960. The normalized spacial score (nSPS) is 44.2. The second-order valence-electron chi connectivity index (χ2n) is 5.00. The molecule has 12 heavy (non-hydrogen) atoms. The van der Waals surface area contributed by atoms with E-state index >= 15 is 0 Å². The second kappa shape index (κ2) is 2.04. The molecule has 0 aromatic heterocycles. The Balaban J connectivity index is 2.43. The van der Waals surface area contributed by atoms with Crippen LogP contribution in [0.25, 0.3) is 0 Å². The van der Waals surface area contributed by atoms with Gasteiger partial charge in [0, 0.05) is 6.54 Å². The Morgan fingerprint density at radius 2 is 2.08 bits per heavy atom. The van der Waals surface area contributed by atoms with Gasteiger partial charge in [-0.05, 0) is 24.2 Å². The molecule has 1 N–H and O–H groups in total. The van der Waals surface area contributed by atoms with E-state index < -0.39 is 0 Å². The average molecular weight is 167 g/mol. The number of amides is 1. The zero-order valence-electron chi connectivity index (χ0n) is 8.11. The van der Waals surface area contributed by atoms with Crippen molar-refractivity contribution >= 4 is 5.91 Å². The molecule has 68 valence electrons. The summed E-state index contributed by atoms with van der Waals surface area (Å²) in [6.45, 7) is 7.48. The molecule has 2 rings (SSSR count). The summed E-state index contributed by atoms with van der Waals surface area (Å²) >= 11 is 0. The van der Waals surface area contributed by atoms with Gasteiger partial charge in [0.15, 0.2) is 0 Å². The molecule has 2 aliphatic rings. The molecule has 0 unspecified atom stereocenters. The van der Waals surface area contributed by atoms with Gasteiger partial charge in [-0.15, -0.1) is 0 Å². The van der Waals surface area contributed by atoms with E-state index in [4.69, 9.17) is 0 Å². The van der Waals surface area contributed by atoms with Gasteiger partial charge in [0.05, 0.1) is 5.41 Å². The maximum atomic E-state index is 11.7. The van der Waals surface area contributed by atoms with Crippen molar-refractivity contribution < 1.29 is 4.79 Å². The van der Waals surface area contributed by atoms with Gasteiger partial charge >= 0.3 is 0 Å². The van der Waals surface area contributed by atoms with Crippen molar-refractivity contribution in [2.75, 3.05) is 6.54 Å². The quantitative estimate of drug-likeness (QED) is 0.583. The van der Waals surface area contributed by atoms with Crippen molar-refractivity contribution in [2.45, 2.75) is 33.6 Å². The Morgan fingerprint density at radius 3 is 2.67 bits per heavy atom. The molecule has 2 atom stereocenters. The molecule has 1 saturated carbocycles. The minimum Gasteiger partial charge on any atom is -0.355 e. The monoisotopic (exact) mass is 167 g/mol. The Bertz CT molecular complexity index is 234. The smallest absolute Gasteiger partial charge is 0.226 e. The Kier molecular flexibility index (Phi) is 1.37. The maximum absolute atomic E-state index is 11.7. The molecule has 0 aromatic rings. The predicted molar refractivity (Wildman–Crippen MR) is 47.6 cm³/mol. The van der Waals surface area contributed by atoms with Gasteiger partial charge in [-0.3, -0.25) is 4.79 Å². The highest BCUT2D eigenvalue weighted by molar-refractivity contribution is 5.84. The van der Waals surface area contributed by atoms with Crippen LogP contribution in [0, 0.1) is 16.7 Å². The van der Waals surface area contributed by atoms with Crippen molar-refractivity contribution in [1.29, 1.82) is 0 Å². The maximum Gasteiger partial charge on any atom is 0.226 e. The van der Waals surface area contributed by atoms with Crippen molar-refractivity contribution in [3.8, 4) is 0 Å². The lowest BCUT2D eigenvalue weighted by atomic mass is 9.63. The van der Waals surface area contributed by atoms with Gasteiger partial charge in [-0.25, -0.2) is 0 Å². The predicted octanol–water partition coefficient (Wildman–Crippen LogP) is 1.56. The van der Waals surface area contributed by atoms with Crippen LogP contribution >= 0.6 is 0 Å². The number of carbonyl (C=O) groups is 1. The van der Waals surface area contributed by atoms with Crippen LogP contribution in [-0.2, 0) is 4.79 Å². The van der Waals surface area contributed by atoms with E-state index in [1.807, 2.05) is 0 Å². The van der Waals surface area contributed by atoms with E-state index in [0.29, 0.717) is 5.92 Å². The highest BCUT2D eigenvalue weighted by Gasteiger charge is 2.58. The van der Waals surface area contributed by atoms with Crippen LogP contribution < -0.4 is 5.32 Å². The van der Waals surface area contributed by atoms with E-state index in [1.54, 1.807) is 0 Å². The molecule has 0 radical (unpaired) electrons. The van der Waals surface area contributed by atoms with E-state index in [2.05, 4.69) is 26.1 Å². The first-order chi connectivity index (χ1) is 5.48. The number of hydrogen-bond donors (Lipinski definition) is 1. The summed E-state index contributed by atoms with van der Waals surface area (Å²) in [5.41, 5.74) is 0.102. The van der Waals surface area contributed by atoms with Gasteiger partial charge < -0.3 is 5.32 Å². The van der Waals surface area contributed by atoms with Crippen LogP contribution in [0.1, 0.15) is 33.6 Å². The summed E-state index contributed by atoms with van der Waals surface area (Å²) < 4.78 is 0. The molecule has 1 amide bonds. The van der Waals surface area contributed by atoms with E-state index in [-0.39, 0.29) is 16.7 Å². The van der Waals surface area contributed by atoms with Crippen LogP contribution in [-0.4, -0.2) is 12.5 Å². The minimum absolute atomic E-state index is 0.101. The number of hydrogen-bond acceptors (Lipinski definition) is 1. The summed E-state index contributed by atoms with van der Waals surface area (Å²) in [6, 6.07) is 0. The number of nitrogens with one attached hydrogen (secondary N) is 1. The molecule has 1 aliphatic carbocycles. The standard InChI is InChI=1S/C10H17NO/c1-9(2)7-4-5-10(9,3)8(12)11-6-7/h7H,4-6H2,1-3H3,(H,11,12)/t7-,10+/m0/s1. The fourth-order valence-corrected chi connectivity index (χ4v) is 2.77. The number of fused-ring (bicyclic) bond motifs is 2. The number of carbonyl (C=O) groups excluding carboxylic acids is 1. The van der Waals surface area contributed by atoms with Gasteiger partial charge in [0.2, 0.25) is 5.91 Å². The van der Waals surface area contributed by atoms with Gasteiger partial charge in [0.1, 0.15) is 0 Å². The first-order valence-electron chi connectivity index (χ1n) is 4.77. The van der Waals surface area contributed by atoms with Crippen LogP contribution in [0.2, 0.25) is 0 Å². The zero-order valence-corrected chi connectivity index (χ0v) is 8.11. The largest absolute Gasteiger partial charge is 0.355 e. The lowest BCUT2D eigenvalue weighted by molar-refractivity contribution is -0.139. The number of rotatable bonds is 0. The summed E-state index contributed by atoms with van der Waals surface area (Å²) in [6.07, 6.45) is 2.28. The SMILES string of the molecule is CC1(C)[C@H]2CC[C@]1(C)C(=O)NC2. The minimum atomic E-state index is -0.101. The third kappa shape index (κ3) is 0.686. The third-order valence-corrected chi connectivity index (χ3v) is 4.45. The number of piperidine rings is 1. The molecule has 1 aliphatic heterocycles. The molecule has 2 fully saturated rings. The van der Waals surface area contributed by atoms with Crippen molar-refractivity contribution in [3.63, 3.8) is 0 Å². The average Bonchev–Trinajstić information content (AvgIpc) is 2.17. The second-order valence-corrected chi connectivity index (χ2v) is 5.00. The molecular weight excluding hydrogens is 150 g/mol. The third-order valence-electron chi connectivity index (χ3n) is 4.45. The Morgan fingerprint density at radius 1 is 1.42 bits per heavy atom. The van der Waals surface area contributed by atoms with E-state index in [1.165, 1.54) is 6.42 Å². The van der Waals surface area contributed by atoms with Crippen LogP contribution in [0.4, 0.5) is 0 Å². The lowest BCUT2D eigenvalue weighted by Crippen LogP contribution is -2.54. The van der Waals surface area contributed by atoms with Gasteiger partial charge in [-0.1, -0.05) is 20.8 Å². The summed E-state index contributed by atoms with van der Waals surface area (Å²) in [4.78, 5) is 11.7. The van der Waals surface area contributed by atoms with Gasteiger partial charge in [0.25, 0.3) is 0 Å². The van der Waals surface area contributed by atoms with Crippen LogP contribution in [0.3, 0.4) is 0 Å². The van der Waals surface area contributed by atoms with Crippen LogP contribution in [0.5, 0.6) is 0 Å². The van der Waals surface area contributed by atoms with Crippen molar-refractivity contribution in [2.24, 2.45) is 16.7 Å². The first-order valence-corrected chi connectivity index (χ1v) is 4.77. The Hall–Kier alpha value is -0.530. The molecule has 0 aromatic carbocycles. The molecule has 0 spiro atoms. The van der Waals surface area contributed by atoms with E-state index in [0.717, 1.165) is 13.0 Å². The van der Waals surface area contributed by atoms with Crippen LogP contribution in [0.15, 0.2) is 0 Å². The molecule has 2 bridgehead atoms.